The number of rotatable bonds is 1. The van der Waals surface area contributed by atoms with Gasteiger partial charge >= 0.3 is 0 Å². The Hall–Kier alpha value is 0.460. The van der Waals surface area contributed by atoms with Crippen molar-refractivity contribution in [2.45, 2.75) is 31.3 Å². The van der Waals surface area contributed by atoms with Gasteiger partial charge in [0, 0.05) is 18.7 Å². The summed E-state index contributed by atoms with van der Waals surface area (Å²) in [6.07, 6.45) is 3.83. The van der Waals surface area contributed by atoms with E-state index in [9.17, 15) is 0 Å². The molecule has 0 radical (unpaired) electrons. The van der Waals surface area contributed by atoms with E-state index in [4.69, 9.17) is 10.5 Å². The minimum absolute atomic E-state index is 0. The van der Waals surface area contributed by atoms with E-state index in [1.807, 2.05) is 0 Å². The summed E-state index contributed by atoms with van der Waals surface area (Å²) in [4.78, 5) is 2.53. The molecule has 2 aliphatic rings. The highest BCUT2D eigenvalue weighted by Gasteiger charge is 2.29. The summed E-state index contributed by atoms with van der Waals surface area (Å²) in [5, 5.41) is 0. The molecule has 3 nitrogen and oxygen atoms in total. The first kappa shape index (κ1) is 14.5. The van der Waals surface area contributed by atoms with Crippen molar-refractivity contribution in [2.24, 2.45) is 5.73 Å². The number of nitrogens with two attached hydrogens (primary N) is 1. The standard InChI is InChI=1S/C9H18N2O.2ClH/c10-8-7-12-6-3-9(8)11-4-1-2-5-11;;/h8-9H,1-7,10H2;2*1H. The highest BCUT2D eigenvalue weighted by molar-refractivity contribution is 5.85. The molecule has 0 bridgehead atoms. The molecule has 2 heterocycles. The van der Waals surface area contributed by atoms with Crippen LogP contribution < -0.4 is 5.73 Å². The third kappa shape index (κ3) is 3.24. The van der Waals surface area contributed by atoms with Crippen LogP contribution in [0.2, 0.25) is 0 Å². The predicted molar refractivity (Wildman–Crippen MR) is 62.5 cm³/mol. The Morgan fingerprint density at radius 1 is 1.14 bits per heavy atom. The SMILES string of the molecule is Cl.Cl.NC1COCCC1N1CCCC1. The summed E-state index contributed by atoms with van der Waals surface area (Å²) < 4.78 is 5.32. The molecule has 2 rings (SSSR count). The van der Waals surface area contributed by atoms with Gasteiger partial charge in [0.25, 0.3) is 0 Å². The van der Waals surface area contributed by atoms with Crippen LogP contribution in [0.4, 0.5) is 0 Å². The molecule has 0 saturated carbocycles. The number of ether oxygens (including phenoxy) is 1. The monoisotopic (exact) mass is 242 g/mol. The minimum Gasteiger partial charge on any atom is -0.380 e. The zero-order valence-corrected chi connectivity index (χ0v) is 9.99. The van der Waals surface area contributed by atoms with Gasteiger partial charge in [-0.25, -0.2) is 0 Å². The van der Waals surface area contributed by atoms with Crippen LogP contribution in [0.1, 0.15) is 19.3 Å². The van der Waals surface area contributed by atoms with E-state index in [-0.39, 0.29) is 30.9 Å². The fourth-order valence-corrected chi connectivity index (χ4v) is 2.28. The first-order valence-electron chi connectivity index (χ1n) is 4.95. The average molecular weight is 243 g/mol. The van der Waals surface area contributed by atoms with Gasteiger partial charge in [-0.3, -0.25) is 4.90 Å². The van der Waals surface area contributed by atoms with Gasteiger partial charge in [0.05, 0.1) is 6.61 Å². The molecule has 2 unspecified atom stereocenters. The second-order valence-corrected chi connectivity index (χ2v) is 3.84. The van der Waals surface area contributed by atoms with Gasteiger partial charge in [0.1, 0.15) is 0 Å². The third-order valence-electron chi connectivity index (χ3n) is 2.97. The second kappa shape index (κ2) is 6.85. The molecule has 0 spiro atoms. The van der Waals surface area contributed by atoms with Gasteiger partial charge in [-0.15, -0.1) is 24.8 Å². The van der Waals surface area contributed by atoms with Crippen molar-refractivity contribution in [3.05, 3.63) is 0 Å². The van der Waals surface area contributed by atoms with Crippen molar-refractivity contribution < 1.29 is 4.74 Å². The zero-order chi connectivity index (χ0) is 8.39. The lowest BCUT2D eigenvalue weighted by Crippen LogP contribution is -2.52. The summed E-state index contributed by atoms with van der Waals surface area (Å²) in [5.41, 5.74) is 5.99. The summed E-state index contributed by atoms with van der Waals surface area (Å²) in [5.74, 6) is 0. The first-order chi connectivity index (χ1) is 5.88. The van der Waals surface area contributed by atoms with E-state index in [1.165, 1.54) is 25.9 Å². The van der Waals surface area contributed by atoms with Gasteiger partial charge in [-0.2, -0.15) is 0 Å². The fourth-order valence-electron chi connectivity index (χ4n) is 2.28. The number of hydrogen-bond donors (Lipinski definition) is 1. The fraction of sp³-hybridized carbons (Fsp3) is 1.00. The van der Waals surface area contributed by atoms with E-state index in [2.05, 4.69) is 4.90 Å². The molecular formula is C9H20Cl2N2O. The summed E-state index contributed by atoms with van der Waals surface area (Å²) in [7, 11) is 0. The Morgan fingerprint density at radius 3 is 2.36 bits per heavy atom. The van der Waals surface area contributed by atoms with E-state index < -0.39 is 0 Å². The molecule has 2 fully saturated rings. The maximum atomic E-state index is 5.99. The minimum atomic E-state index is 0. The molecule has 2 N–H and O–H groups in total. The second-order valence-electron chi connectivity index (χ2n) is 3.84. The van der Waals surface area contributed by atoms with Crippen LogP contribution >= 0.6 is 24.8 Å². The Morgan fingerprint density at radius 2 is 1.79 bits per heavy atom. The molecule has 2 atom stereocenters. The molecule has 0 aromatic rings. The third-order valence-corrected chi connectivity index (χ3v) is 2.97. The largest absolute Gasteiger partial charge is 0.380 e. The lowest BCUT2D eigenvalue weighted by Gasteiger charge is -2.35. The van der Waals surface area contributed by atoms with Crippen molar-refractivity contribution in [3.63, 3.8) is 0 Å². The van der Waals surface area contributed by atoms with E-state index in [0.717, 1.165) is 19.6 Å². The molecule has 2 aliphatic heterocycles. The molecule has 0 aliphatic carbocycles. The van der Waals surface area contributed by atoms with Crippen LogP contribution in [-0.2, 0) is 4.74 Å². The molecule has 0 amide bonds. The predicted octanol–water partition coefficient (Wildman–Crippen LogP) is 1.04. The summed E-state index contributed by atoms with van der Waals surface area (Å²) >= 11 is 0. The van der Waals surface area contributed by atoms with Crippen LogP contribution in [0.5, 0.6) is 0 Å². The molecule has 5 heteroatoms. The topological polar surface area (TPSA) is 38.5 Å². The highest BCUT2D eigenvalue weighted by atomic mass is 35.5. The molecule has 0 aromatic carbocycles. The smallest absolute Gasteiger partial charge is 0.0632 e. The average Bonchev–Trinajstić information content (AvgIpc) is 2.57. The van der Waals surface area contributed by atoms with Crippen molar-refractivity contribution in [1.82, 2.24) is 4.90 Å². The Bertz CT molecular complexity index is 154. The van der Waals surface area contributed by atoms with Crippen molar-refractivity contribution in [1.29, 1.82) is 0 Å². The van der Waals surface area contributed by atoms with E-state index in [0.29, 0.717) is 6.04 Å². The van der Waals surface area contributed by atoms with E-state index in [1.54, 1.807) is 0 Å². The van der Waals surface area contributed by atoms with Gasteiger partial charge in [0.2, 0.25) is 0 Å². The summed E-state index contributed by atoms with van der Waals surface area (Å²) in [6, 6.07) is 0.845. The Kier molecular flexibility index (Phi) is 7.08. The molecule has 2 saturated heterocycles. The maximum Gasteiger partial charge on any atom is 0.0632 e. The lowest BCUT2D eigenvalue weighted by atomic mass is 10.0. The van der Waals surface area contributed by atoms with E-state index >= 15 is 0 Å². The zero-order valence-electron chi connectivity index (χ0n) is 8.35. The Balaban J connectivity index is 0.000000845. The van der Waals surface area contributed by atoms with Gasteiger partial charge in [-0.05, 0) is 32.4 Å². The van der Waals surface area contributed by atoms with Crippen LogP contribution in [0.3, 0.4) is 0 Å². The van der Waals surface area contributed by atoms with Crippen molar-refractivity contribution >= 4 is 24.8 Å². The summed E-state index contributed by atoms with van der Waals surface area (Å²) in [6.45, 7) is 4.15. The van der Waals surface area contributed by atoms with Crippen LogP contribution in [0, 0.1) is 0 Å². The molecule has 0 aromatic heterocycles. The molecule has 86 valence electrons. The molecule has 14 heavy (non-hydrogen) atoms. The maximum absolute atomic E-state index is 5.99. The number of nitrogens with zero attached hydrogens (tertiary/aromatic N) is 1. The molecular weight excluding hydrogens is 223 g/mol. The van der Waals surface area contributed by atoms with Crippen molar-refractivity contribution in [3.8, 4) is 0 Å². The van der Waals surface area contributed by atoms with Gasteiger partial charge in [0.15, 0.2) is 0 Å². The van der Waals surface area contributed by atoms with Crippen LogP contribution in [0.15, 0.2) is 0 Å². The van der Waals surface area contributed by atoms with Crippen LogP contribution in [-0.4, -0.2) is 43.3 Å². The number of halogens is 2. The number of hydrogen-bond acceptors (Lipinski definition) is 3. The normalized spacial score (nSPS) is 33.2. The highest BCUT2D eigenvalue weighted by Crippen LogP contribution is 2.18. The van der Waals surface area contributed by atoms with Crippen LogP contribution in [0.25, 0.3) is 0 Å². The Labute approximate surface area is 98.2 Å². The quantitative estimate of drug-likeness (QED) is 0.748. The van der Waals surface area contributed by atoms with Gasteiger partial charge < -0.3 is 10.5 Å². The first-order valence-corrected chi connectivity index (χ1v) is 4.95. The van der Waals surface area contributed by atoms with Gasteiger partial charge in [-0.1, -0.05) is 0 Å². The lowest BCUT2D eigenvalue weighted by molar-refractivity contribution is 0.0257. The van der Waals surface area contributed by atoms with Crippen molar-refractivity contribution in [2.75, 3.05) is 26.3 Å². The number of likely N-dealkylation sites (tertiary alicyclic amines) is 1.